The summed E-state index contributed by atoms with van der Waals surface area (Å²) in [5.74, 6) is 0.362. The lowest BCUT2D eigenvalue weighted by Gasteiger charge is -2.17. The van der Waals surface area contributed by atoms with Gasteiger partial charge in [-0.15, -0.1) is 0 Å². The number of carbonyl (C=O) groups is 1. The van der Waals surface area contributed by atoms with Gasteiger partial charge < -0.3 is 14.8 Å². The van der Waals surface area contributed by atoms with Gasteiger partial charge in [0.15, 0.2) is 6.10 Å². The van der Waals surface area contributed by atoms with Crippen LogP contribution >= 0.6 is 11.6 Å². The topological polar surface area (TPSA) is 90.7 Å². The van der Waals surface area contributed by atoms with Crippen LogP contribution in [0.15, 0.2) is 30.3 Å². The molecule has 8 heteroatoms. The lowest BCUT2D eigenvalue weighted by Crippen LogP contribution is -2.30. The number of nitrogens with zero attached hydrogens (tertiary/aromatic N) is 1. The van der Waals surface area contributed by atoms with E-state index in [1.54, 1.807) is 19.1 Å². The smallest absolute Gasteiger partial charge is 0.271 e. The maximum Gasteiger partial charge on any atom is 0.271 e. The Morgan fingerprint density at radius 2 is 1.85 bits per heavy atom. The summed E-state index contributed by atoms with van der Waals surface area (Å²) in [5, 5.41) is 14.2. The first-order valence-corrected chi connectivity index (χ1v) is 8.17. The van der Waals surface area contributed by atoms with Crippen molar-refractivity contribution in [2.75, 3.05) is 12.4 Å². The molecule has 26 heavy (non-hydrogen) atoms. The van der Waals surface area contributed by atoms with Crippen molar-refractivity contribution in [3.63, 3.8) is 0 Å². The van der Waals surface area contributed by atoms with Crippen LogP contribution in [-0.2, 0) is 4.79 Å². The molecule has 0 aliphatic heterocycles. The van der Waals surface area contributed by atoms with Crippen molar-refractivity contribution in [1.29, 1.82) is 0 Å². The molecule has 2 aromatic carbocycles. The molecule has 0 aliphatic carbocycles. The molecule has 0 heterocycles. The number of non-ortho nitro benzene ring substituents is 1. The van der Waals surface area contributed by atoms with Crippen LogP contribution in [0.1, 0.15) is 18.1 Å². The van der Waals surface area contributed by atoms with Gasteiger partial charge in [0.1, 0.15) is 11.5 Å². The number of ether oxygens (including phenoxy) is 2. The number of carbonyl (C=O) groups excluding carboxylic acids is 1. The largest absolute Gasteiger partial charge is 0.495 e. The van der Waals surface area contributed by atoms with Crippen LogP contribution in [-0.4, -0.2) is 24.0 Å². The van der Waals surface area contributed by atoms with Gasteiger partial charge in [0.25, 0.3) is 11.6 Å². The molecule has 1 amide bonds. The summed E-state index contributed by atoms with van der Waals surface area (Å²) in [4.78, 5) is 22.8. The van der Waals surface area contributed by atoms with E-state index in [-0.39, 0.29) is 11.4 Å². The van der Waals surface area contributed by atoms with E-state index in [0.717, 1.165) is 11.1 Å². The molecule has 0 radical (unpaired) electrons. The number of anilines is 1. The maximum atomic E-state index is 12.4. The predicted molar refractivity (Wildman–Crippen MR) is 99.3 cm³/mol. The average molecular weight is 379 g/mol. The Balaban J connectivity index is 2.17. The SMILES string of the molecule is COc1ccc([N+](=O)[O-])cc1NC(=O)C(C)Oc1cc(C)c(Cl)c(C)c1. The van der Waals surface area contributed by atoms with Crippen LogP contribution in [0, 0.1) is 24.0 Å². The highest BCUT2D eigenvalue weighted by Gasteiger charge is 2.19. The van der Waals surface area contributed by atoms with E-state index in [1.807, 2.05) is 13.8 Å². The molecule has 0 bridgehead atoms. The zero-order valence-corrected chi connectivity index (χ0v) is 15.6. The van der Waals surface area contributed by atoms with Gasteiger partial charge in [0.05, 0.1) is 17.7 Å². The van der Waals surface area contributed by atoms with Crippen molar-refractivity contribution in [2.45, 2.75) is 26.9 Å². The molecule has 0 aromatic heterocycles. The van der Waals surface area contributed by atoms with Crippen molar-refractivity contribution in [1.82, 2.24) is 0 Å². The summed E-state index contributed by atoms with van der Waals surface area (Å²) >= 11 is 6.13. The van der Waals surface area contributed by atoms with Gasteiger partial charge in [-0.1, -0.05) is 11.6 Å². The van der Waals surface area contributed by atoms with E-state index in [9.17, 15) is 14.9 Å². The van der Waals surface area contributed by atoms with Crippen molar-refractivity contribution in [3.8, 4) is 11.5 Å². The van der Waals surface area contributed by atoms with Crippen LogP contribution in [0.25, 0.3) is 0 Å². The number of benzene rings is 2. The molecule has 0 saturated carbocycles. The Kier molecular flexibility index (Phi) is 6.05. The minimum Gasteiger partial charge on any atom is -0.495 e. The monoisotopic (exact) mass is 378 g/mol. The van der Waals surface area contributed by atoms with E-state index in [4.69, 9.17) is 21.1 Å². The second kappa shape index (κ2) is 8.05. The quantitative estimate of drug-likeness (QED) is 0.598. The summed E-state index contributed by atoms with van der Waals surface area (Å²) in [6.07, 6.45) is -0.834. The molecule has 7 nitrogen and oxygen atoms in total. The fraction of sp³-hybridized carbons (Fsp3) is 0.278. The minimum absolute atomic E-state index is 0.154. The number of aryl methyl sites for hydroxylation is 2. The summed E-state index contributed by atoms with van der Waals surface area (Å²) in [6.45, 7) is 5.28. The number of nitro groups is 1. The first-order chi connectivity index (χ1) is 12.2. The van der Waals surface area contributed by atoms with Gasteiger partial charge in [0.2, 0.25) is 0 Å². The molecular formula is C18H19ClN2O5. The molecular weight excluding hydrogens is 360 g/mol. The number of methoxy groups -OCH3 is 1. The zero-order valence-electron chi connectivity index (χ0n) is 14.8. The third-order valence-electron chi connectivity index (χ3n) is 3.74. The Morgan fingerprint density at radius 1 is 1.23 bits per heavy atom. The zero-order chi connectivity index (χ0) is 19.4. The number of rotatable bonds is 6. The molecule has 1 unspecified atom stereocenters. The first kappa shape index (κ1) is 19.5. The fourth-order valence-corrected chi connectivity index (χ4v) is 2.48. The average Bonchev–Trinajstić information content (AvgIpc) is 2.59. The molecule has 2 aromatic rings. The van der Waals surface area contributed by atoms with Gasteiger partial charge in [-0.25, -0.2) is 0 Å². The standard InChI is InChI=1S/C18H19ClN2O5/c1-10-7-14(8-11(2)17(10)19)26-12(3)18(22)20-15-9-13(21(23)24)5-6-16(15)25-4/h5-9,12H,1-4H3,(H,20,22). The third-order valence-corrected chi connectivity index (χ3v) is 4.34. The Bertz CT molecular complexity index is 830. The number of halogens is 1. The van der Waals surface area contributed by atoms with Gasteiger partial charge in [-0.3, -0.25) is 14.9 Å². The van der Waals surface area contributed by atoms with Gasteiger partial charge in [-0.2, -0.15) is 0 Å². The van der Waals surface area contributed by atoms with Crippen molar-refractivity contribution in [3.05, 3.63) is 56.6 Å². The highest BCUT2D eigenvalue weighted by atomic mass is 35.5. The lowest BCUT2D eigenvalue weighted by atomic mass is 10.1. The molecule has 138 valence electrons. The number of hydrogen-bond acceptors (Lipinski definition) is 5. The molecule has 0 fully saturated rings. The van der Waals surface area contributed by atoms with Crippen molar-refractivity contribution in [2.24, 2.45) is 0 Å². The van der Waals surface area contributed by atoms with Crippen molar-refractivity contribution >= 4 is 28.9 Å². The van der Waals surface area contributed by atoms with E-state index in [0.29, 0.717) is 16.5 Å². The van der Waals surface area contributed by atoms with E-state index >= 15 is 0 Å². The molecule has 1 N–H and O–H groups in total. The maximum absolute atomic E-state index is 12.4. The van der Waals surface area contributed by atoms with Crippen LogP contribution < -0.4 is 14.8 Å². The number of nitrogens with one attached hydrogen (secondary N) is 1. The molecule has 0 spiro atoms. The minimum atomic E-state index is -0.834. The highest BCUT2D eigenvalue weighted by Crippen LogP contribution is 2.30. The highest BCUT2D eigenvalue weighted by molar-refractivity contribution is 6.32. The van der Waals surface area contributed by atoms with Gasteiger partial charge in [0, 0.05) is 17.2 Å². The van der Waals surface area contributed by atoms with Crippen molar-refractivity contribution < 1.29 is 19.2 Å². The van der Waals surface area contributed by atoms with Crippen LogP contribution in [0.4, 0.5) is 11.4 Å². The Hall–Kier alpha value is -2.80. The second-order valence-corrected chi connectivity index (χ2v) is 6.14. The Labute approximate surface area is 156 Å². The number of nitro benzene ring substituents is 1. The normalized spacial score (nSPS) is 11.6. The van der Waals surface area contributed by atoms with Crippen LogP contribution in [0.2, 0.25) is 5.02 Å². The first-order valence-electron chi connectivity index (χ1n) is 7.79. The van der Waals surface area contributed by atoms with Crippen LogP contribution in [0.3, 0.4) is 0 Å². The van der Waals surface area contributed by atoms with Gasteiger partial charge in [-0.05, 0) is 50.1 Å². The number of hydrogen-bond donors (Lipinski definition) is 1. The van der Waals surface area contributed by atoms with E-state index in [2.05, 4.69) is 5.32 Å². The van der Waals surface area contributed by atoms with E-state index in [1.165, 1.54) is 25.3 Å². The molecule has 2 rings (SSSR count). The summed E-state index contributed by atoms with van der Waals surface area (Å²) in [5.41, 5.74) is 1.73. The second-order valence-electron chi connectivity index (χ2n) is 5.76. The van der Waals surface area contributed by atoms with E-state index < -0.39 is 16.9 Å². The number of amides is 1. The lowest BCUT2D eigenvalue weighted by molar-refractivity contribution is -0.384. The Morgan fingerprint density at radius 3 is 2.38 bits per heavy atom. The predicted octanol–water partition coefficient (Wildman–Crippen LogP) is 4.28. The fourth-order valence-electron chi connectivity index (χ4n) is 2.37. The third kappa shape index (κ3) is 4.43. The van der Waals surface area contributed by atoms with Gasteiger partial charge >= 0.3 is 0 Å². The summed E-state index contributed by atoms with van der Waals surface area (Å²) in [6, 6.07) is 7.44. The molecule has 1 atom stereocenters. The summed E-state index contributed by atoms with van der Waals surface area (Å²) < 4.78 is 10.8. The molecule has 0 saturated heterocycles. The summed E-state index contributed by atoms with van der Waals surface area (Å²) in [7, 11) is 1.41. The molecule has 0 aliphatic rings. The van der Waals surface area contributed by atoms with Crippen LogP contribution in [0.5, 0.6) is 11.5 Å².